The van der Waals surface area contributed by atoms with Gasteiger partial charge in [0.25, 0.3) is 0 Å². The number of esters is 1. The first-order valence-electron chi connectivity index (χ1n) is 6.67. The molecule has 0 unspecified atom stereocenters. The first kappa shape index (κ1) is 13.2. The Morgan fingerprint density at radius 2 is 1.67 bits per heavy atom. The molecule has 3 rings (SSSR count). The summed E-state index contributed by atoms with van der Waals surface area (Å²) in [5.41, 5.74) is 8.84. The van der Waals surface area contributed by atoms with Gasteiger partial charge in [-0.25, -0.2) is 4.79 Å². The molecule has 3 nitrogen and oxygen atoms in total. The molecule has 0 aliphatic carbocycles. The second kappa shape index (κ2) is 5.29. The van der Waals surface area contributed by atoms with Crippen LogP contribution in [0.3, 0.4) is 0 Å². The van der Waals surface area contributed by atoms with E-state index < -0.39 is 5.97 Å². The predicted octanol–water partition coefficient (Wildman–Crippen LogP) is 3.88. The minimum atomic E-state index is -0.419. The van der Waals surface area contributed by atoms with Gasteiger partial charge in [0.2, 0.25) is 0 Å². The minimum absolute atomic E-state index is 0.419. The smallest absolute Gasteiger partial charge is 0.340 e. The van der Waals surface area contributed by atoms with E-state index in [-0.39, 0.29) is 0 Å². The highest BCUT2D eigenvalue weighted by molar-refractivity contribution is 6.11. The maximum atomic E-state index is 12.2. The molecular formula is C18H15NO2. The Kier molecular flexibility index (Phi) is 3.32. The SMILES string of the molecule is COC(=O)c1c(-c2ccccc2)cc2ccccc2c1N. The molecule has 0 spiro atoms. The van der Waals surface area contributed by atoms with Crippen LogP contribution in [0.5, 0.6) is 0 Å². The lowest BCUT2D eigenvalue weighted by Crippen LogP contribution is -2.08. The summed E-state index contributed by atoms with van der Waals surface area (Å²) in [5, 5.41) is 1.86. The van der Waals surface area contributed by atoms with Crippen LogP contribution in [0, 0.1) is 0 Å². The third-order valence-corrected chi connectivity index (χ3v) is 3.56. The number of methoxy groups -OCH3 is 1. The zero-order valence-electron chi connectivity index (χ0n) is 11.7. The van der Waals surface area contributed by atoms with Gasteiger partial charge in [0, 0.05) is 5.39 Å². The van der Waals surface area contributed by atoms with Crippen molar-refractivity contribution in [2.45, 2.75) is 0 Å². The van der Waals surface area contributed by atoms with Crippen LogP contribution < -0.4 is 5.73 Å². The summed E-state index contributed by atoms with van der Waals surface area (Å²) < 4.78 is 4.91. The molecule has 2 N–H and O–H groups in total. The number of rotatable bonds is 2. The standard InChI is InChI=1S/C18H15NO2/c1-21-18(20)16-15(12-7-3-2-4-8-12)11-13-9-5-6-10-14(13)17(16)19/h2-11H,19H2,1H3. The lowest BCUT2D eigenvalue weighted by Gasteiger charge is -2.14. The van der Waals surface area contributed by atoms with E-state index in [2.05, 4.69) is 0 Å². The van der Waals surface area contributed by atoms with Crippen molar-refractivity contribution in [1.29, 1.82) is 0 Å². The number of hydrogen-bond acceptors (Lipinski definition) is 3. The molecular weight excluding hydrogens is 262 g/mol. The van der Waals surface area contributed by atoms with Crippen molar-refractivity contribution in [3.8, 4) is 11.1 Å². The van der Waals surface area contributed by atoms with E-state index in [4.69, 9.17) is 10.5 Å². The van der Waals surface area contributed by atoms with Crippen LogP contribution >= 0.6 is 0 Å². The zero-order valence-corrected chi connectivity index (χ0v) is 11.7. The summed E-state index contributed by atoms with van der Waals surface area (Å²) in [4.78, 5) is 12.2. The van der Waals surface area contributed by atoms with E-state index in [1.54, 1.807) is 0 Å². The molecule has 0 saturated carbocycles. The molecule has 0 fully saturated rings. The monoisotopic (exact) mass is 277 g/mol. The Morgan fingerprint density at radius 1 is 1.00 bits per heavy atom. The number of nitrogens with two attached hydrogens (primary N) is 1. The molecule has 0 atom stereocenters. The van der Waals surface area contributed by atoms with Crippen LogP contribution in [0.4, 0.5) is 5.69 Å². The van der Waals surface area contributed by atoms with Crippen LogP contribution in [0.15, 0.2) is 60.7 Å². The maximum Gasteiger partial charge on any atom is 0.340 e. The van der Waals surface area contributed by atoms with Crippen LogP contribution in [0.2, 0.25) is 0 Å². The van der Waals surface area contributed by atoms with E-state index in [0.717, 1.165) is 21.9 Å². The molecule has 0 heterocycles. The fourth-order valence-electron chi connectivity index (χ4n) is 2.54. The second-order valence-electron chi connectivity index (χ2n) is 4.79. The van der Waals surface area contributed by atoms with E-state index in [1.165, 1.54) is 7.11 Å². The van der Waals surface area contributed by atoms with E-state index in [1.807, 2.05) is 60.7 Å². The number of carbonyl (C=O) groups is 1. The van der Waals surface area contributed by atoms with Crippen molar-refractivity contribution in [3.63, 3.8) is 0 Å². The largest absolute Gasteiger partial charge is 0.465 e. The van der Waals surface area contributed by atoms with Crippen molar-refractivity contribution in [1.82, 2.24) is 0 Å². The third kappa shape index (κ3) is 2.23. The molecule has 3 heteroatoms. The van der Waals surface area contributed by atoms with E-state index in [0.29, 0.717) is 11.3 Å². The highest BCUT2D eigenvalue weighted by Crippen LogP contribution is 2.34. The maximum absolute atomic E-state index is 12.2. The average molecular weight is 277 g/mol. The molecule has 0 radical (unpaired) electrons. The minimum Gasteiger partial charge on any atom is -0.465 e. The molecule has 0 amide bonds. The van der Waals surface area contributed by atoms with Gasteiger partial charge in [-0.2, -0.15) is 0 Å². The third-order valence-electron chi connectivity index (χ3n) is 3.56. The molecule has 0 aromatic heterocycles. The number of anilines is 1. The van der Waals surface area contributed by atoms with Gasteiger partial charge in [0.05, 0.1) is 18.4 Å². The molecule has 0 bridgehead atoms. The van der Waals surface area contributed by atoms with Crippen LogP contribution in [0.1, 0.15) is 10.4 Å². The summed E-state index contributed by atoms with van der Waals surface area (Å²) >= 11 is 0. The Balaban J connectivity index is 2.39. The second-order valence-corrected chi connectivity index (χ2v) is 4.79. The van der Waals surface area contributed by atoms with Crippen LogP contribution in [-0.2, 0) is 4.74 Å². The molecule has 21 heavy (non-hydrogen) atoms. The molecule has 0 aliphatic rings. The molecule has 104 valence electrons. The van der Waals surface area contributed by atoms with Gasteiger partial charge in [-0.1, -0.05) is 54.6 Å². The number of nitrogen functional groups attached to an aromatic ring is 1. The van der Waals surface area contributed by atoms with Gasteiger partial charge < -0.3 is 10.5 Å². The summed E-state index contributed by atoms with van der Waals surface area (Å²) in [6.07, 6.45) is 0. The zero-order chi connectivity index (χ0) is 14.8. The molecule has 3 aromatic rings. The number of fused-ring (bicyclic) bond motifs is 1. The van der Waals surface area contributed by atoms with E-state index in [9.17, 15) is 4.79 Å². The lowest BCUT2D eigenvalue weighted by molar-refractivity contribution is 0.0603. The Hall–Kier alpha value is -2.81. The van der Waals surface area contributed by atoms with Crippen LogP contribution in [0.25, 0.3) is 21.9 Å². The number of carbonyl (C=O) groups excluding carboxylic acids is 1. The van der Waals surface area contributed by atoms with Crippen molar-refractivity contribution in [2.24, 2.45) is 0 Å². The Morgan fingerprint density at radius 3 is 2.38 bits per heavy atom. The molecule has 3 aromatic carbocycles. The van der Waals surface area contributed by atoms with Crippen LogP contribution in [-0.4, -0.2) is 13.1 Å². The summed E-state index contributed by atoms with van der Waals surface area (Å²) in [7, 11) is 1.37. The first-order chi connectivity index (χ1) is 10.2. The summed E-state index contributed by atoms with van der Waals surface area (Å²) in [6.45, 7) is 0. The summed E-state index contributed by atoms with van der Waals surface area (Å²) in [5.74, 6) is -0.419. The van der Waals surface area contributed by atoms with Crippen molar-refractivity contribution in [2.75, 3.05) is 12.8 Å². The highest BCUT2D eigenvalue weighted by atomic mass is 16.5. The van der Waals surface area contributed by atoms with Gasteiger partial charge in [-0.05, 0) is 22.6 Å². The average Bonchev–Trinajstić information content (AvgIpc) is 2.55. The van der Waals surface area contributed by atoms with Gasteiger partial charge >= 0.3 is 5.97 Å². The molecule has 0 aliphatic heterocycles. The first-order valence-corrected chi connectivity index (χ1v) is 6.67. The van der Waals surface area contributed by atoms with Gasteiger partial charge in [0.15, 0.2) is 0 Å². The van der Waals surface area contributed by atoms with E-state index >= 15 is 0 Å². The highest BCUT2D eigenvalue weighted by Gasteiger charge is 2.19. The molecule has 0 saturated heterocycles. The van der Waals surface area contributed by atoms with Gasteiger partial charge in [-0.15, -0.1) is 0 Å². The quantitative estimate of drug-likeness (QED) is 0.571. The van der Waals surface area contributed by atoms with Gasteiger partial charge in [0.1, 0.15) is 0 Å². The Bertz CT molecular complexity index is 810. The number of benzene rings is 3. The fourth-order valence-corrected chi connectivity index (χ4v) is 2.54. The normalized spacial score (nSPS) is 10.5. The number of hydrogen-bond donors (Lipinski definition) is 1. The number of ether oxygens (including phenoxy) is 1. The van der Waals surface area contributed by atoms with Crippen molar-refractivity contribution in [3.05, 3.63) is 66.2 Å². The van der Waals surface area contributed by atoms with Crippen molar-refractivity contribution < 1.29 is 9.53 Å². The topological polar surface area (TPSA) is 52.3 Å². The fraction of sp³-hybridized carbons (Fsp3) is 0.0556. The Labute approximate surface area is 123 Å². The summed E-state index contributed by atoms with van der Waals surface area (Å²) in [6, 6.07) is 19.4. The van der Waals surface area contributed by atoms with Crippen molar-refractivity contribution >= 4 is 22.4 Å². The predicted molar refractivity (Wildman–Crippen MR) is 85.1 cm³/mol. The van der Waals surface area contributed by atoms with Gasteiger partial charge in [-0.3, -0.25) is 0 Å². The lowest BCUT2D eigenvalue weighted by atomic mass is 9.93.